The van der Waals surface area contributed by atoms with E-state index in [2.05, 4.69) is 16.8 Å². The summed E-state index contributed by atoms with van der Waals surface area (Å²) in [6, 6.07) is 12.2. The maximum atomic E-state index is 14.1. The Morgan fingerprint density at radius 3 is 2.70 bits per heavy atom. The fraction of sp³-hybridized carbons (Fsp3) is 0.190. The van der Waals surface area contributed by atoms with Gasteiger partial charge in [-0.2, -0.15) is 0 Å². The summed E-state index contributed by atoms with van der Waals surface area (Å²) in [5, 5.41) is 8.86. The Bertz CT molecular complexity index is 997. The summed E-state index contributed by atoms with van der Waals surface area (Å²) in [5.41, 5.74) is 3.16. The van der Waals surface area contributed by atoms with E-state index in [9.17, 15) is 9.18 Å². The molecule has 0 unspecified atom stereocenters. The number of ketones is 1. The van der Waals surface area contributed by atoms with E-state index in [-0.39, 0.29) is 17.4 Å². The highest BCUT2D eigenvalue weighted by Crippen LogP contribution is 2.26. The highest BCUT2D eigenvalue weighted by atomic mass is 32.2. The lowest BCUT2D eigenvalue weighted by molar-refractivity contribution is 0.102. The first-order chi connectivity index (χ1) is 13.0. The van der Waals surface area contributed by atoms with E-state index < -0.39 is 0 Å². The molecule has 0 amide bonds. The topological polar surface area (TPSA) is 47.8 Å². The number of benzene rings is 2. The summed E-state index contributed by atoms with van der Waals surface area (Å²) in [6.07, 6.45) is 1.70. The number of nitrogens with zero attached hydrogens (tertiary/aromatic N) is 3. The molecule has 3 aromatic rings. The number of carbonyl (C=O) groups is 1. The number of thioether (sulfide) groups is 1. The normalized spacial score (nSPS) is 10.8. The van der Waals surface area contributed by atoms with Crippen molar-refractivity contribution < 1.29 is 9.18 Å². The summed E-state index contributed by atoms with van der Waals surface area (Å²) < 4.78 is 15.9. The van der Waals surface area contributed by atoms with Crippen LogP contribution in [0.15, 0.2) is 60.3 Å². The number of hydrogen-bond donors (Lipinski definition) is 0. The quantitative estimate of drug-likeness (QED) is 0.333. The molecule has 0 radical (unpaired) electrons. The highest BCUT2D eigenvalue weighted by Gasteiger charge is 2.18. The maximum absolute atomic E-state index is 14.1. The van der Waals surface area contributed by atoms with Crippen molar-refractivity contribution in [3.05, 3.63) is 77.6 Å². The number of rotatable bonds is 7. The minimum atomic E-state index is -0.363. The average molecular weight is 381 g/mol. The van der Waals surface area contributed by atoms with Crippen molar-refractivity contribution in [3.63, 3.8) is 0 Å². The van der Waals surface area contributed by atoms with Gasteiger partial charge in [0, 0.05) is 12.1 Å². The zero-order valence-corrected chi connectivity index (χ0v) is 16.1. The molecule has 0 atom stereocenters. The molecule has 6 heteroatoms. The van der Waals surface area contributed by atoms with Gasteiger partial charge in [-0.15, -0.1) is 16.8 Å². The van der Waals surface area contributed by atoms with Crippen LogP contribution in [-0.4, -0.2) is 26.3 Å². The van der Waals surface area contributed by atoms with Crippen molar-refractivity contribution in [3.8, 4) is 11.4 Å². The van der Waals surface area contributed by atoms with E-state index >= 15 is 0 Å². The smallest absolute Gasteiger partial charge is 0.192 e. The molecule has 4 nitrogen and oxygen atoms in total. The van der Waals surface area contributed by atoms with Crippen molar-refractivity contribution in [2.24, 2.45) is 0 Å². The van der Waals surface area contributed by atoms with Gasteiger partial charge >= 0.3 is 0 Å². The zero-order chi connectivity index (χ0) is 19.4. The first kappa shape index (κ1) is 19.0. The van der Waals surface area contributed by atoms with Crippen molar-refractivity contribution >= 4 is 17.5 Å². The monoisotopic (exact) mass is 381 g/mol. The van der Waals surface area contributed by atoms with Crippen LogP contribution in [0, 0.1) is 19.7 Å². The van der Waals surface area contributed by atoms with Gasteiger partial charge in [0.1, 0.15) is 5.82 Å². The fourth-order valence-electron chi connectivity index (χ4n) is 2.87. The van der Waals surface area contributed by atoms with Crippen LogP contribution in [0.1, 0.15) is 21.5 Å². The maximum Gasteiger partial charge on any atom is 0.192 e. The van der Waals surface area contributed by atoms with Crippen LogP contribution in [-0.2, 0) is 6.54 Å². The third-order valence-electron chi connectivity index (χ3n) is 4.16. The molecule has 0 fully saturated rings. The summed E-state index contributed by atoms with van der Waals surface area (Å²) in [4.78, 5) is 12.6. The Labute approximate surface area is 162 Å². The van der Waals surface area contributed by atoms with Gasteiger partial charge in [0.2, 0.25) is 0 Å². The predicted octanol–water partition coefficient (Wildman–Crippen LogP) is 4.86. The number of carbonyl (C=O) groups excluding carboxylic acids is 1. The van der Waals surface area contributed by atoms with Crippen LogP contribution < -0.4 is 0 Å². The SMILES string of the molecule is C=CCn1c(SCC(=O)c2ccc(C)cc2C)nnc1-c1ccccc1F. The van der Waals surface area contributed by atoms with Gasteiger partial charge in [-0.05, 0) is 31.5 Å². The van der Waals surface area contributed by atoms with E-state index in [1.54, 1.807) is 28.8 Å². The van der Waals surface area contributed by atoms with Crippen LogP contribution >= 0.6 is 11.8 Å². The summed E-state index contributed by atoms with van der Waals surface area (Å²) in [7, 11) is 0. The molecule has 138 valence electrons. The lowest BCUT2D eigenvalue weighted by Crippen LogP contribution is -2.07. The van der Waals surface area contributed by atoms with E-state index in [1.165, 1.54) is 17.8 Å². The van der Waals surface area contributed by atoms with Gasteiger partial charge in [0.25, 0.3) is 0 Å². The Kier molecular flexibility index (Phi) is 5.86. The number of allylic oxidation sites excluding steroid dienone is 1. The van der Waals surface area contributed by atoms with Crippen LogP contribution in [0.5, 0.6) is 0 Å². The molecular weight excluding hydrogens is 361 g/mol. The van der Waals surface area contributed by atoms with Crippen LogP contribution in [0.2, 0.25) is 0 Å². The van der Waals surface area contributed by atoms with E-state index in [1.807, 2.05) is 32.0 Å². The molecule has 0 saturated heterocycles. The van der Waals surface area contributed by atoms with Gasteiger partial charge in [-0.1, -0.05) is 53.7 Å². The molecule has 0 aliphatic carbocycles. The largest absolute Gasteiger partial charge is 0.298 e. The number of Topliss-reactive ketones (excluding diaryl/α,β-unsaturated/α-hetero) is 1. The van der Waals surface area contributed by atoms with Crippen LogP contribution in [0.25, 0.3) is 11.4 Å². The van der Waals surface area contributed by atoms with Crippen molar-refractivity contribution in [1.29, 1.82) is 0 Å². The second-order valence-electron chi connectivity index (χ2n) is 6.22. The second-order valence-corrected chi connectivity index (χ2v) is 7.16. The highest BCUT2D eigenvalue weighted by molar-refractivity contribution is 7.99. The van der Waals surface area contributed by atoms with Crippen molar-refractivity contribution in [1.82, 2.24) is 14.8 Å². The first-order valence-corrected chi connectivity index (χ1v) is 9.52. The lowest BCUT2D eigenvalue weighted by Gasteiger charge is -2.09. The average Bonchev–Trinajstić information content (AvgIpc) is 3.03. The molecule has 2 aromatic carbocycles. The first-order valence-electron chi connectivity index (χ1n) is 8.53. The summed E-state index contributed by atoms with van der Waals surface area (Å²) >= 11 is 1.29. The Morgan fingerprint density at radius 2 is 2.00 bits per heavy atom. The number of hydrogen-bond acceptors (Lipinski definition) is 4. The van der Waals surface area contributed by atoms with Crippen LogP contribution in [0.4, 0.5) is 4.39 Å². The number of aromatic nitrogens is 3. The van der Waals surface area contributed by atoms with Gasteiger partial charge in [-0.3, -0.25) is 9.36 Å². The van der Waals surface area contributed by atoms with E-state index in [4.69, 9.17) is 0 Å². The van der Waals surface area contributed by atoms with Crippen molar-refractivity contribution in [2.75, 3.05) is 5.75 Å². The molecule has 3 rings (SSSR count). The minimum absolute atomic E-state index is 0.0260. The van der Waals surface area contributed by atoms with Crippen molar-refractivity contribution in [2.45, 2.75) is 25.5 Å². The zero-order valence-electron chi connectivity index (χ0n) is 15.3. The Morgan fingerprint density at radius 1 is 1.22 bits per heavy atom. The third-order valence-corrected chi connectivity index (χ3v) is 5.12. The van der Waals surface area contributed by atoms with Gasteiger partial charge in [0.05, 0.1) is 11.3 Å². The molecule has 1 aromatic heterocycles. The molecule has 0 aliphatic rings. The molecule has 0 bridgehead atoms. The number of aryl methyl sites for hydroxylation is 2. The standard InChI is InChI=1S/C21H20FN3OS/c1-4-11-25-20(17-7-5-6-8-18(17)22)23-24-21(25)27-13-19(26)16-10-9-14(2)12-15(16)3/h4-10,12H,1,11,13H2,2-3H3. The lowest BCUT2D eigenvalue weighted by atomic mass is 10.0. The van der Waals surface area contributed by atoms with E-state index in [0.29, 0.717) is 28.7 Å². The molecular formula is C21H20FN3OS. The molecule has 1 heterocycles. The predicted molar refractivity (Wildman–Crippen MR) is 107 cm³/mol. The Balaban J connectivity index is 1.84. The molecule has 0 aliphatic heterocycles. The third kappa shape index (κ3) is 4.17. The molecule has 27 heavy (non-hydrogen) atoms. The van der Waals surface area contributed by atoms with E-state index in [0.717, 1.165) is 11.1 Å². The number of halogens is 1. The fourth-order valence-corrected chi connectivity index (χ4v) is 3.70. The van der Waals surface area contributed by atoms with Gasteiger partial charge in [0.15, 0.2) is 16.8 Å². The minimum Gasteiger partial charge on any atom is -0.298 e. The molecule has 0 N–H and O–H groups in total. The van der Waals surface area contributed by atoms with Gasteiger partial charge < -0.3 is 0 Å². The summed E-state index contributed by atoms with van der Waals surface area (Å²) in [6.45, 7) is 8.11. The van der Waals surface area contributed by atoms with Crippen LogP contribution in [0.3, 0.4) is 0 Å². The van der Waals surface area contributed by atoms with Gasteiger partial charge in [-0.25, -0.2) is 4.39 Å². The summed E-state index contributed by atoms with van der Waals surface area (Å²) in [5.74, 6) is 0.321. The Hall–Kier alpha value is -2.73. The molecule has 0 spiro atoms. The molecule has 0 saturated carbocycles. The second kappa shape index (κ2) is 8.31.